The van der Waals surface area contributed by atoms with E-state index in [4.69, 9.17) is 10.5 Å². The zero-order valence-corrected chi connectivity index (χ0v) is 15.5. The molecule has 4 N–H and O–H groups in total. The van der Waals surface area contributed by atoms with Gasteiger partial charge in [0.25, 0.3) is 11.5 Å². The van der Waals surface area contributed by atoms with Crippen molar-refractivity contribution in [2.24, 2.45) is 0 Å². The van der Waals surface area contributed by atoms with Gasteiger partial charge in [-0.25, -0.2) is 4.98 Å². The first-order valence-electron chi connectivity index (χ1n) is 7.88. The highest BCUT2D eigenvalue weighted by Gasteiger charge is 2.21. The number of nitrogens with one attached hydrogen (secondary N) is 2. The highest BCUT2D eigenvalue weighted by atomic mass is 32.2. The van der Waals surface area contributed by atoms with Gasteiger partial charge in [-0.05, 0) is 25.5 Å². The first-order valence-corrected chi connectivity index (χ1v) is 8.76. The monoisotopic (exact) mass is 376 g/mol. The summed E-state index contributed by atoms with van der Waals surface area (Å²) in [6.45, 7) is 3.72. The van der Waals surface area contributed by atoms with Crippen molar-refractivity contribution < 1.29 is 14.3 Å². The van der Waals surface area contributed by atoms with Gasteiger partial charge < -0.3 is 15.8 Å². The summed E-state index contributed by atoms with van der Waals surface area (Å²) >= 11 is 1.04. The number of benzene rings is 1. The van der Waals surface area contributed by atoms with Crippen LogP contribution in [0.3, 0.4) is 0 Å². The molecular weight excluding hydrogens is 356 g/mol. The van der Waals surface area contributed by atoms with Crippen LogP contribution in [0.2, 0.25) is 0 Å². The lowest BCUT2D eigenvalue weighted by atomic mass is 10.1. The van der Waals surface area contributed by atoms with Crippen LogP contribution in [0.5, 0.6) is 0 Å². The second-order valence-corrected chi connectivity index (χ2v) is 6.68. The number of nitrogens with two attached hydrogens (primary N) is 1. The quantitative estimate of drug-likeness (QED) is 0.399. The van der Waals surface area contributed by atoms with Gasteiger partial charge in [0.15, 0.2) is 11.0 Å². The maximum atomic E-state index is 12.3. The lowest BCUT2D eigenvalue weighted by Crippen LogP contribution is -2.24. The Hall–Kier alpha value is -2.81. The Bertz CT molecular complexity index is 864. The minimum absolute atomic E-state index is 0.128. The van der Waals surface area contributed by atoms with Crippen molar-refractivity contribution in [1.82, 2.24) is 9.97 Å². The summed E-state index contributed by atoms with van der Waals surface area (Å²) < 4.78 is 4.70. The maximum Gasteiger partial charge on any atom is 0.319 e. The number of H-pyrrole nitrogens is 1. The lowest BCUT2D eigenvalue weighted by molar-refractivity contribution is -0.140. The van der Waals surface area contributed by atoms with E-state index in [9.17, 15) is 14.4 Å². The first kappa shape index (κ1) is 19.5. The number of aromatic nitrogens is 2. The molecule has 0 aliphatic rings. The fourth-order valence-corrected chi connectivity index (χ4v) is 3.03. The van der Waals surface area contributed by atoms with E-state index in [1.165, 1.54) is 7.11 Å². The predicted molar refractivity (Wildman–Crippen MR) is 100 cm³/mol. The number of nitrogens with zero attached hydrogens (tertiary/aromatic N) is 1. The molecule has 8 nitrogen and oxygen atoms in total. The molecule has 0 saturated carbocycles. The normalized spacial score (nSPS) is 11.7. The third-order valence-electron chi connectivity index (χ3n) is 3.57. The number of anilines is 2. The van der Waals surface area contributed by atoms with Crippen LogP contribution in [0.1, 0.15) is 29.3 Å². The summed E-state index contributed by atoms with van der Waals surface area (Å²) in [6.07, 6.45) is 0.493. The fraction of sp³-hybridized carbons (Fsp3) is 0.294. The molecule has 1 aromatic heterocycles. The van der Waals surface area contributed by atoms with Crippen LogP contribution in [0.15, 0.2) is 34.2 Å². The second-order valence-electron chi connectivity index (χ2n) is 5.49. The average Bonchev–Trinajstić information content (AvgIpc) is 2.62. The van der Waals surface area contributed by atoms with Crippen LogP contribution in [0.4, 0.5) is 11.5 Å². The number of aromatic amines is 1. The minimum Gasteiger partial charge on any atom is -0.468 e. The molecule has 1 atom stereocenters. The Labute approximate surface area is 154 Å². The first-order chi connectivity index (χ1) is 12.3. The predicted octanol–water partition coefficient (Wildman–Crippen LogP) is 1.96. The van der Waals surface area contributed by atoms with Gasteiger partial charge in [-0.15, -0.1) is 0 Å². The van der Waals surface area contributed by atoms with Crippen molar-refractivity contribution >= 4 is 35.1 Å². The van der Waals surface area contributed by atoms with Crippen LogP contribution in [0, 0.1) is 6.92 Å². The third-order valence-corrected chi connectivity index (χ3v) is 4.79. The number of esters is 1. The van der Waals surface area contributed by atoms with E-state index in [0.717, 1.165) is 17.3 Å². The summed E-state index contributed by atoms with van der Waals surface area (Å²) in [7, 11) is 1.29. The lowest BCUT2D eigenvalue weighted by Gasteiger charge is -2.12. The molecule has 2 rings (SSSR count). The van der Waals surface area contributed by atoms with Gasteiger partial charge in [-0.2, -0.15) is 0 Å². The van der Waals surface area contributed by atoms with Crippen molar-refractivity contribution in [1.29, 1.82) is 0 Å². The van der Waals surface area contributed by atoms with Crippen molar-refractivity contribution in [3.05, 3.63) is 45.7 Å². The van der Waals surface area contributed by atoms with E-state index in [1.807, 2.05) is 13.8 Å². The fourth-order valence-electron chi connectivity index (χ4n) is 2.10. The molecule has 1 amide bonds. The molecule has 0 radical (unpaired) electrons. The van der Waals surface area contributed by atoms with Gasteiger partial charge in [0.05, 0.1) is 7.11 Å². The third kappa shape index (κ3) is 4.63. The van der Waals surface area contributed by atoms with Crippen molar-refractivity contribution in [3.8, 4) is 0 Å². The Morgan fingerprint density at radius 1 is 1.35 bits per heavy atom. The Morgan fingerprint density at radius 2 is 2.00 bits per heavy atom. The van der Waals surface area contributed by atoms with E-state index in [1.54, 1.807) is 24.3 Å². The summed E-state index contributed by atoms with van der Waals surface area (Å²) in [6, 6.07) is 6.88. The second kappa shape index (κ2) is 8.52. The number of carbonyl (C=O) groups is 2. The van der Waals surface area contributed by atoms with E-state index in [0.29, 0.717) is 12.0 Å². The Kier molecular flexibility index (Phi) is 6.40. The number of hydrogen-bond donors (Lipinski definition) is 3. The summed E-state index contributed by atoms with van der Waals surface area (Å²) in [5.41, 5.74) is 6.50. The van der Waals surface area contributed by atoms with Gasteiger partial charge in [0.2, 0.25) is 0 Å². The zero-order valence-electron chi connectivity index (χ0n) is 14.7. The number of methoxy groups -OCH3 is 1. The standard InChI is InChI=1S/C17H20N4O4S/c1-4-11(16(24)25-3)26-17-20-13(18)12(15(23)21-17)19-14(22)10-7-5-9(2)6-8-10/h5-8,11H,4H2,1-3H3,(H,19,22)(H3,18,20,21,23)/t11-/m0/s1. The van der Waals surface area contributed by atoms with Gasteiger partial charge >= 0.3 is 5.97 Å². The molecule has 0 aliphatic heterocycles. The summed E-state index contributed by atoms with van der Waals surface area (Å²) in [4.78, 5) is 42.8. The number of rotatable bonds is 6. The molecule has 2 aromatic rings. The summed E-state index contributed by atoms with van der Waals surface area (Å²) in [5, 5.41) is 2.13. The highest BCUT2D eigenvalue weighted by Crippen LogP contribution is 2.24. The molecule has 0 spiro atoms. The van der Waals surface area contributed by atoms with Crippen molar-refractivity contribution in [2.75, 3.05) is 18.2 Å². The number of nitrogen functional groups attached to an aromatic ring is 1. The van der Waals surface area contributed by atoms with Crippen LogP contribution < -0.4 is 16.6 Å². The van der Waals surface area contributed by atoms with E-state index in [-0.39, 0.29) is 16.7 Å². The molecule has 1 heterocycles. The van der Waals surface area contributed by atoms with Gasteiger partial charge in [0.1, 0.15) is 10.9 Å². The number of thioether (sulfide) groups is 1. The average molecular weight is 376 g/mol. The van der Waals surface area contributed by atoms with Crippen LogP contribution in [-0.4, -0.2) is 34.2 Å². The van der Waals surface area contributed by atoms with Crippen LogP contribution in [0.25, 0.3) is 0 Å². The van der Waals surface area contributed by atoms with E-state index >= 15 is 0 Å². The minimum atomic E-state index is -0.597. The van der Waals surface area contributed by atoms with Crippen molar-refractivity contribution in [3.63, 3.8) is 0 Å². The molecule has 1 aromatic carbocycles. The molecule has 0 fully saturated rings. The number of amides is 1. The molecule has 0 unspecified atom stereocenters. The molecule has 0 aliphatic carbocycles. The molecule has 9 heteroatoms. The van der Waals surface area contributed by atoms with Crippen LogP contribution >= 0.6 is 11.8 Å². The number of hydrogen-bond acceptors (Lipinski definition) is 7. The van der Waals surface area contributed by atoms with E-state index in [2.05, 4.69) is 15.3 Å². The summed E-state index contributed by atoms with van der Waals surface area (Å²) in [5.74, 6) is -1.02. The maximum absolute atomic E-state index is 12.3. The smallest absolute Gasteiger partial charge is 0.319 e. The van der Waals surface area contributed by atoms with Crippen LogP contribution in [-0.2, 0) is 9.53 Å². The van der Waals surface area contributed by atoms with Gasteiger partial charge in [-0.3, -0.25) is 19.4 Å². The Balaban J connectivity index is 2.21. The van der Waals surface area contributed by atoms with Crippen molar-refractivity contribution in [2.45, 2.75) is 30.7 Å². The number of carbonyl (C=O) groups excluding carboxylic acids is 2. The molecule has 0 bridgehead atoms. The number of aryl methyl sites for hydroxylation is 1. The Morgan fingerprint density at radius 3 is 2.54 bits per heavy atom. The topological polar surface area (TPSA) is 127 Å². The molecule has 0 saturated heterocycles. The van der Waals surface area contributed by atoms with Gasteiger partial charge in [0, 0.05) is 5.56 Å². The highest BCUT2D eigenvalue weighted by molar-refractivity contribution is 8.00. The zero-order chi connectivity index (χ0) is 19.3. The van der Waals surface area contributed by atoms with E-state index < -0.39 is 22.7 Å². The largest absolute Gasteiger partial charge is 0.468 e. The molecular formula is C17H20N4O4S. The molecule has 138 valence electrons. The SMILES string of the molecule is CC[C@H](Sc1nc(N)c(NC(=O)c2ccc(C)cc2)c(=O)[nH]1)C(=O)OC. The van der Waals surface area contributed by atoms with Gasteiger partial charge in [-0.1, -0.05) is 36.4 Å². The number of ether oxygens (including phenoxy) is 1. The molecule has 26 heavy (non-hydrogen) atoms.